The van der Waals surface area contributed by atoms with Gasteiger partial charge in [0, 0.05) is 18.0 Å². The lowest BCUT2D eigenvalue weighted by molar-refractivity contribution is 0.120. The van der Waals surface area contributed by atoms with E-state index in [2.05, 4.69) is 47.1 Å². The Morgan fingerprint density at radius 2 is 1.94 bits per heavy atom. The molecule has 1 aromatic carbocycles. The third-order valence-electron chi connectivity index (χ3n) is 2.64. The number of hydrogen-bond acceptors (Lipinski definition) is 3. The molecule has 0 bridgehead atoms. The molecule has 1 aromatic heterocycles. The summed E-state index contributed by atoms with van der Waals surface area (Å²) in [6, 6.07) is 14.6. The lowest BCUT2D eigenvalue weighted by Gasteiger charge is -2.05. The van der Waals surface area contributed by atoms with Gasteiger partial charge in [0.1, 0.15) is 0 Å². The fourth-order valence-electron chi connectivity index (χ4n) is 1.70. The first kappa shape index (κ1) is 13.3. The van der Waals surface area contributed by atoms with Crippen LogP contribution in [0.15, 0.2) is 47.8 Å². The maximum absolute atomic E-state index is 5.60. The van der Waals surface area contributed by atoms with E-state index in [4.69, 9.17) is 4.74 Å². The second-order valence-corrected chi connectivity index (χ2v) is 5.18. The molecule has 3 heteroatoms. The van der Waals surface area contributed by atoms with Crippen molar-refractivity contribution in [3.05, 3.63) is 58.3 Å². The second-order valence-electron chi connectivity index (χ2n) is 4.15. The van der Waals surface area contributed by atoms with E-state index in [1.807, 2.05) is 6.07 Å². The molecule has 0 unspecified atom stereocenters. The predicted octanol–water partition coefficient (Wildman–Crippen LogP) is 3.44. The maximum atomic E-state index is 5.60. The summed E-state index contributed by atoms with van der Waals surface area (Å²) in [5.41, 5.74) is 1.33. The van der Waals surface area contributed by atoms with Crippen LogP contribution in [0.1, 0.15) is 16.9 Å². The summed E-state index contributed by atoms with van der Waals surface area (Å²) in [5.74, 6) is 0. The Bertz CT molecular complexity index is 413. The van der Waals surface area contributed by atoms with Gasteiger partial charge in [0.05, 0.1) is 6.61 Å². The molecular formula is C15H19NOS. The minimum absolute atomic E-state index is 0.746. The summed E-state index contributed by atoms with van der Waals surface area (Å²) >= 11 is 1.75. The van der Waals surface area contributed by atoms with Crippen LogP contribution in [-0.2, 0) is 17.9 Å². The minimum Gasteiger partial charge on any atom is -0.376 e. The van der Waals surface area contributed by atoms with Crippen LogP contribution in [0.25, 0.3) is 0 Å². The number of rotatable bonds is 8. The van der Waals surface area contributed by atoms with Crippen molar-refractivity contribution in [2.75, 3.05) is 13.2 Å². The van der Waals surface area contributed by atoms with Gasteiger partial charge < -0.3 is 10.1 Å². The van der Waals surface area contributed by atoms with E-state index in [-0.39, 0.29) is 0 Å². The van der Waals surface area contributed by atoms with E-state index in [0.29, 0.717) is 0 Å². The van der Waals surface area contributed by atoms with Crippen LogP contribution in [0.5, 0.6) is 0 Å². The van der Waals surface area contributed by atoms with Crippen molar-refractivity contribution in [2.24, 2.45) is 0 Å². The van der Waals surface area contributed by atoms with Gasteiger partial charge in [-0.05, 0) is 30.0 Å². The number of thiophene rings is 1. The molecule has 1 N–H and O–H groups in total. The molecule has 0 saturated carbocycles. The number of nitrogens with one attached hydrogen (secondary N) is 1. The normalized spacial score (nSPS) is 10.7. The summed E-state index contributed by atoms with van der Waals surface area (Å²) < 4.78 is 5.60. The third kappa shape index (κ3) is 5.00. The quantitative estimate of drug-likeness (QED) is 0.735. The van der Waals surface area contributed by atoms with Crippen molar-refractivity contribution < 1.29 is 4.74 Å². The Morgan fingerprint density at radius 1 is 1.06 bits per heavy atom. The zero-order valence-corrected chi connectivity index (χ0v) is 11.3. The maximum Gasteiger partial charge on any atom is 0.0809 e. The van der Waals surface area contributed by atoms with Crippen molar-refractivity contribution in [1.82, 2.24) is 5.32 Å². The van der Waals surface area contributed by atoms with E-state index in [9.17, 15) is 0 Å². The van der Waals surface area contributed by atoms with Gasteiger partial charge in [0.25, 0.3) is 0 Å². The Balaban J connectivity index is 1.47. The van der Waals surface area contributed by atoms with Crippen molar-refractivity contribution in [2.45, 2.75) is 19.6 Å². The molecule has 2 aromatic rings. The molecular weight excluding hydrogens is 242 g/mol. The molecule has 2 rings (SSSR count). The third-order valence-corrected chi connectivity index (χ3v) is 3.49. The highest BCUT2D eigenvalue weighted by Gasteiger charge is 1.94. The largest absolute Gasteiger partial charge is 0.376 e. The minimum atomic E-state index is 0.746. The SMILES string of the molecule is c1ccc(CNCCCOCc2cccs2)cc1. The molecule has 0 spiro atoms. The highest BCUT2D eigenvalue weighted by Crippen LogP contribution is 2.09. The first-order chi connectivity index (χ1) is 8.95. The Labute approximate surface area is 113 Å². The molecule has 18 heavy (non-hydrogen) atoms. The van der Waals surface area contributed by atoms with E-state index in [0.717, 1.165) is 32.7 Å². The summed E-state index contributed by atoms with van der Waals surface area (Å²) in [5, 5.41) is 5.50. The molecule has 0 aliphatic rings. The fraction of sp³-hybridized carbons (Fsp3) is 0.333. The van der Waals surface area contributed by atoms with Gasteiger partial charge >= 0.3 is 0 Å². The van der Waals surface area contributed by atoms with Gasteiger partial charge in [-0.2, -0.15) is 0 Å². The first-order valence-corrected chi connectivity index (χ1v) is 7.18. The monoisotopic (exact) mass is 261 g/mol. The highest BCUT2D eigenvalue weighted by molar-refractivity contribution is 7.09. The van der Waals surface area contributed by atoms with Crippen LogP contribution in [0.4, 0.5) is 0 Å². The van der Waals surface area contributed by atoms with Gasteiger partial charge in [0.15, 0.2) is 0 Å². The molecule has 0 atom stereocenters. The lowest BCUT2D eigenvalue weighted by atomic mass is 10.2. The smallest absolute Gasteiger partial charge is 0.0809 e. The first-order valence-electron chi connectivity index (χ1n) is 6.30. The lowest BCUT2D eigenvalue weighted by Crippen LogP contribution is -2.16. The average Bonchev–Trinajstić information content (AvgIpc) is 2.92. The Hall–Kier alpha value is -1.16. The second kappa shape index (κ2) is 8.03. The Morgan fingerprint density at radius 3 is 2.72 bits per heavy atom. The van der Waals surface area contributed by atoms with E-state index in [1.165, 1.54) is 10.4 Å². The zero-order chi connectivity index (χ0) is 12.5. The summed E-state index contributed by atoms with van der Waals surface area (Å²) in [7, 11) is 0. The van der Waals surface area contributed by atoms with E-state index < -0.39 is 0 Å². The summed E-state index contributed by atoms with van der Waals surface area (Å²) in [6.07, 6.45) is 1.05. The number of benzene rings is 1. The number of hydrogen-bond donors (Lipinski definition) is 1. The van der Waals surface area contributed by atoms with Crippen molar-refractivity contribution in [3.8, 4) is 0 Å². The van der Waals surface area contributed by atoms with Crippen molar-refractivity contribution in [1.29, 1.82) is 0 Å². The molecule has 0 saturated heterocycles. The highest BCUT2D eigenvalue weighted by atomic mass is 32.1. The van der Waals surface area contributed by atoms with E-state index in [1.54, 1.807) is 11.3 Å². The van der Waals surface area contributed by atoms with Crippen LogP contribution >= 0.6 is 11.3 Å². The van der Waals surface area contributed by atoms with Crippen molar-refractivity contribution >= 4 is 11.3 Å². The van der Waals surface area contributed by atoms with E-state index >= 15 is 0 Å². The van der Waals surface area contributed by atoms with Gasteiger partial charge in [-0.3, -0.25) is 0 Å². The fourth-order valence-corrected chi connectivity index (χ4v) is 2.34. The van der Waals surface area contributed by atoms with Crippen LogP contribution in [0.2, 0.25) is 0 Å². The van der Waals surface area contributed by atoms with Gasteiger partial charge in [-0.25, -0.2) is 0 Å². The summed E-state index contributed by atoms with van der Waals surface area (Å²) in [4.78, 5) is 1.30. The standard InChI is InChI=1S/C15H19NOS/c1-2-6-14(7-3-1)12-16-9-5-10-17-13-15-8-4-11-18-15/h1-4,6-8,11,16H,5,9-10,12-13H2. The molecule has 2 nitrogen and oxygen atoms in total. The van der Waals surface area contributed by atoms with Crippen LogP contribution in [0.3, 0.4) is 0 Å². The van der Waals surface area contributed by atoms with Gasteiger partial charge in [-0.15, -0.1) is 11.3 Å². The molecule has 0 fully saturated rings. The summed E-state index contributed by atoms with van der Waals surface area (Å²) in [6.45, 7) is 3.50. The zero-order valence-electron chi connectivity index (χ0n) is 10.5. The van der Waals surface area contributed by atoms with Crippen LogP contribution < -0.4 is 5.32 Å². The van der Waals surface area contributed by atoms with Crippen LogP contribution in [-0.4, -0.2) is 13.2 Å². The molecule has 0 radical (unpaired) electrons. The predicted molar refractivity (Wildman–Crippen MR) is 76.7 cm³/mol. The van der Waals surface area contributed by atoms with Crippen molar-refractivity contribution in [3.63, 3.8) is 0 Å². The van der Waals surface area contributed by atoms with Gasteiger partial charge in [0.2, 0.25) is 0 Å². The molecule has 0 amide bonds. The molecule has 0 aliphatic carbocycles. The van der Waals surface area contributed by atoms with Crippen LogP contribution in [0, 0.1) is 0 Å². The molecule has 0 aliphatic heterocycles. The molecule has 96 valence electrons. The van der Waals surface area contributed by atoms with Gasteiger partial charge in [-0.1, -0.05) is 36.4 Å². The number of ether oxygens (including phenoxy) is 1. The average molecular weight is 261 g/mol. The topological polar surface area (TPSA) is 21.3 Å². The Kier molecular flexibility index (Phi) is 5.92. The molecule has 1 heterocycles.